The number of esters is 1. The van der Waals surface area contributed by atoms with Crippen LogP contribution >= 0.6 is 0 Å². The van der Waals surface area contributed by atoms with Gasteiger partial charge < -0.3 is 9.84 Å². The van der Waals surface area contributed by atoms with E-state index in [0.29, 0.717) is 29.1 Å². The molecule has 4 fully saturated rings. The fraction of sp³-hybridized carbons (Fsp3) is 0.852. The first-order chi connectivity index (χ1) is 16.1. The van der Waals surface area contributed by atoms with Crippen LogP contribution in [-0.4, -0.2) is 44.1 Å². The van der Waals surface area contributed by atoms with Crippen molar-refractivity contribution in [3.05, 3.63) is 11.9 Å². The van der Waals surface area contributed by atoms with Crippen LogP contribution in [0, 0.1) is 40.4 Å². The lowest BCUT2D eigenvalue weighted by Gasteiger charge is -2.61. The summed E-state index contributed by atoms with van der Waals surface area (Å²) >= 11 is 0. The van der Waals surface area contributed by atoms with Crippen LogP contribution in [0.5, 0.6) is 0 Å². The molecule has 5 rings (SSSR count). The minimum absolute atomic E-state index is 0.0353. The zero-order valence-corrected chi connectivity index (χ0v) is 21.3. The number of Topliss-reactive ketones (excluding diaryl/α,β-unsaturated/α-hetero) is 1. The number of ketones is 1. The first kappa shape index (κ1) is 24.0. The molecule has 1 aromatic rings. The molecule has 1 heterocycles. The van der Waals surface area contributed by atoms with Gasteiger partial charge in [0, 0.05) is 5.92 Å². The average molecular weight is 472 g/mol. The van der Waals surface area contributed by atoms with Gasteiger partial charge in [-0.1, -0.05) is 13.8 Å². The van der Waals surface area contributed by atoms with Crippen molar-refractivity contribution in [2.24, 2.45) is 40.4 Å². The maximum absolute atomic E-state index is 13.5. The number of aliphatic hydroxyl groups is 1. The molecule has 4 aliphatic rings. The molecular formula is C27H41N3O4. The minimum atomic E-state index is -0.501. The van der Waals surface area contributed by atoms with E-state index in [2.05, 4.69) is 24.0 Å². The smallest absolute Gasteiger partial charge is 0.360 e. The number of nitrogens with zero attached hydrogens (tertiary/aromatic N) is 3. The Hall–Kier alpha value is -1.76. The van der Waals surface area contributed by atoms with Gasteiger partial charge in [-0.15, -0.1) is 5.10 Å². The van der Waals surface area contributed by atoms with E-state index in [1.165, 1.54) is 30.3 Å². The van der Waals surface area contributed by atoms with Gasteiger partial charge in [-0.3, -0.25) is 4.79 Å². The molecule has 1 aromatic heterocycles. The van der Waals surface area contributed by atoms with E-state index in [-0.39, 0.29) is 36.0 Å². The Kier molecular flexibility index (Phi) is 5.93. The Balaban J connectivity index is 1.29. The van der Waals surface area contributed by atoms with Gasteiger partial charge in [0.05, 0.1) is 18.4 Å². The standard InChI is InChI=1S/C27H41N3O4/c1-5-34-24(32)22-15-28-30(29-22)16-23(31)21-9-8-19-18-7-6-17-14-25(2,33)12-13-26(17,3)20(18)10-11-27(19,21)4/h15,17-21,33H,5-14,16H2,1-4H3/t17-,18+,19+,20+,21-,25-,26+,27+/m1/s1. The van der Waals surface area contributed by atoms with Crippen molar-refractivity contribution in [2.75, 3.05) is 6.61 Å². The highest BCUT2D eigenvalue weighted by Gasteiger charge is 2.61. The third-order valence-electron chi connectivity index (χ3n) is 10.7. The number of hydrogen-bond acceptors (Lipinski definition) is 6. The quantitative estimate of drug-likeness (QED) is 0.638. The van der Waals surface area contributed by atoms with Crippen molar-refractivity contribution in [3.8, 4) is 0 Å². The maximum atomic E-state index is 13.5. The second-order valence-electron chi connectivity index (χ2n) is 12.5. The van der Waals surface area contributed by atoms with Crippen molar-refractivity contribution in [1.82, 2.24) is 15.0 Å². The Labute approximate surface area is 203 Å². The SMILES string of the molecule is CCOC(=O)c1cnn(CC(=O)[C@H]2CC[C@H]3[C@@H]4CC[C@@H]5C[C@](C)(O)CC[C@]5(C)[C@H]4CC[C@]23C)n1. The van der Waals surface area contributed by atoms with E-state index in [9.17, 15) is 14.7 Å². The highest BCUT2D eigenvalue weighted by Crippen LogP contribution is 2.68. The number of hydrogen-bond donors (Lipinski definition) is 1. The summed E-state index contributed by atoms with van der Waals surface area (Å²) in [7, 11) is 0. The summed E-state index contributed by atoms with van der Waals surface area (Å²) in [6.07, 6.45) is 11.2. The molecule has 0 spiro atoms. The fourth-order valence-electron chi connectivity index (χ4n) is 8.88. The van der Waals surface area contributed by atoms with Crippen LogP contribution in [0.3, 0.4) is 0 Å². The summed E-state index contributed by atoms with van der Waals surface area (Å²) in [5, 5.41) is 19.1. The van der Waals surface area contributed by atoms with Crippen molar-refractivity contribution < 1.29 is 19.4 Å². The summed E-state index contributed by atoms with van der Waals surface area (Å²) < 4.78 is 4.99. The molecule has 0 radical (unpaired) electrons. The molecule has 0 aliphatic heterocycles. The van der Waals surface area contributed by atoms with Gasteiger partial charge in [-0.25, -0.2) is 4.79 Å². The van der Waals surface area contributed by atoms with Crippen LogP contribution in [-0.2, 0) is 16.1 Å². The molecule has 7 nitrogen and oxygen atoms in total. The number of rotatable bonds is 5. The first-order valence-corrected chi connectivity index (χ1v) is 13.4. The monoisotopic (exact) mass is 471 g/mol. The van der Waals surface area contributed by atoms with Crippen molar-refractivity contribution >= 4 is 11.8 Å². The lowest BCUT2D eigenvalue weighted by atomic mass is 9.44. The lowest BCUT2D eigenvalue weighted by molar-refractivity contribution is -0.151. The largest absolute Gasteiger partial charge is 0.461 e. The van der Waals surface area contributed by atoms with E-state index in [0.717, 1.165) is 38.5 Å². The maximum Gasteiger partial charge on any atom is 0.360 e. The van der Waals surface area contributed by atoms with Gasteiger partial charge in [0.1, 0.15) is 6.54 Å². The van der Waals surface area contributed by atoms with Gasteiger partial charge >= 0.3 is 5.97 Å². The van der Waals surface area contributed by atoms with Crippen LogP contribution in [0.25, 0.3) is 0 Å². The predicted molar refractivity (Wildman–Crippen MR) is 127 cm³/mol. The van der Waals surface area contributed by atoms with Gasteiger partial charge in [0.25, 0.3) is 0 Å². The van der Waals surface area contributed by atoms with Crippen LogP contribution in [0.15, 0.2) is 6.20 Å². The van der Waals surface area contributed by atoms with Gasteiger partial charge in [0.15, 0.2) is 11.5 Å². The van der Waals surface area contributed by atoms with E-state index < -0.39 is 11.6 Å². The third kappa shape index (κ3) is 3.82. The summed E-state index contributed by atoms with van der Waals surface area (Å²) in [5.74, 6) is 2.37. The van der Waals surface area contributed by atoms with E-state index in [4.69, 9.17) is 4.74 Å². The highest BCUT2D eigenvalue weighted by molar-refractivity contribution is 5.86. The molecule has 0 unspecified atom stereocenters. The van der Waals surface area contributed by atoms with Crippen molar-refractivity contribution in [1.29, 1.82) is 0 Å². The highest BCUT2D eigenvalue weighted by atomic mass is 16.5. The van der Waals surface area contributed by atoms with Gasteiger partial charge in [0.2, 0.25) is 0 Å². The van der Waals surface area contributed by atoms with E-state index in [1.807, 2.05) is 6.92 Å². The van der Waals surface area contributed by atoms with Crippen LogP contribution in [0.4, 0.5) is 0 Å². The molecule has 4 saturated carbocycles. The van der Waals surface area contributed by atoms with E-state index in [1.54, 1.807) is 6.92 Å². The molecule has 8 atom stereocenters. The normalized spacial score (nSPS) is 43.5. The molecule has 0 saturated heterocycles. The third-order valence-corrected chi connectivity index (χ3v) is 10.7. The molecule has 0 amide bonds. The minimum Gasteiger partial charge on any atom is -0.461 e. The number of carbonyl (C=O) groups is 2. The molecule has 4 aliphatic carbocycles. The molecule has 7 heteroatoms. The second kappa shape index (κ2) is 8.42. The first-order valence-electron chi connectivity index (χ1n) is 13.4. The number of ether oxygens (including phenoxy) is 1. The van der Waals surface area contributed by atoms with Crippen LogP contribution < -0.4 is 0 Å². The number of fused-ring (bicyclic) bond motifs is 5. The molecule has 0 aromatic carbocycles. The van der Waals surface area contributed by atoms with Crippen LogP contribution in [0.2, 0.25) is 0 Å². The topological polar surface area (TPSA) is 94.3 Å². The Morgan fingerprint density at radius 1 is 1.06 bits per heavy atom. The molecule has 1 N–H and O–H groups in total. The lowest BCUT2D eigenvalue weighted by Crippen LogP contribution is -2.55. The number of aromatic nitrogens is 3. The van der Waals surface area contributed by atoms with Crippen molar-refractivity contribution in [3.63, 3.8) is 0 Å². The zero-order chi connectivity index (χ0) is 24.3. The van der Waals surface area contributed by atoms with Gasteiger partial charge in [-0.2, -0.15) is 9.90 Å². The van der Waals surface area contributed by atoms with Gasteiger partial charge in [-0.05, 0) is 106 Å². The molecular weight excluding hydrogens is 430 g/mol. The fourth-order valence-corrected chi connectivity index (χ4v) is 8.88. The van der Waals surface area contributed by atoms with E-state index >= 15 is 0 Å². The van der Waals surface area contributed by atoms with Crippen molar-refractivity contribution in [2.45, 2.75) is 97.6 Å². The Bertz CT molecular complexity index is 957. The molecule has 34 heavy (non-hydrogen) atoms. The second-order valence-corrected chi connectivity index (χ2v) is 12.5. The average Bonchev–Trinajstić information content (AvgIpc) is 3.38. The Morgan fingerprint density at radius 2 is 1.82 bits per heavy atom. The molecule has 188 valence electrons. The summed E-state index contributed by atoms with van der Waals surface area (Å²) in [6.45, 7) is 9.05. The predicted octanol–water partition coefficient (Wildman–Crippen LogP) is 4.43. The van der Waals surface area contributed by atoms with Crippen LogP contribution in [0.1, 0.15) is 96.0 Å². The Morgan fingerprint density at radius 3 is 2.59 bits per heavy atom. The summed E-state index contributed by atoms with van der Waals surface area (Å²) in [4.78, 5) is 26.7. The zero-order valence-electron chi connectivity index (χ0n) is 21.3. The molecule has 0 bridgehead atoms. The number of carbonyl (C=O) groups excluding carboxylic acids is 2. The summed E-state index contributed by atoms with van der Waals surface area (Å²) in [6, 6.07) is 0. The summed E-state index contributed by atoms with van der Waals surface area (Å²) in [5.41, 5.74) is 0.0243.